The molecular formula is C31H38ClN3O5. The number of hydrogen-bond acceptors (Lipinski definition) is 7. The Morgan fingerprint density at radius 3 is 2.75 bits per heavy atom. The van der Waals surface area contributed by atoms with E-state index in [4.69, 9.17) is 21.1 Å². The van der Waals surface area contributed by atoms with Gasteiger partial charge < -0.3 is 19.7 Å². The summed E-state index contributed by atoms with van der Waals surface area (Å²) >= 11 is 6.00. The molecule has 4 saturated carbocycles. The number of carbonyl (C=O) groups is 1. The van der Waals surface area contributed by atoms with Crippen molar-refractivity contribution in [3.05, 3.63) is 58.9 Å². The Kier molecular flexibility index (Phi) is 6.16. The second-order valence-corrected chi connectivity index (χ2v) is 13.9. The molecule has 9 heteroatoms. The summed E-state index contributed by atoms with van der Waals surface area (Å²) in [5.74, 6) is -0.703. The molecule has 9 atom stereocenters. The van der Waals surface area contributed by atoms with Crippen LogP contribution in [0.15, 0.2) is 42.6 Å². The lowest BCUT2D eigenvalue weighted by molar-refractivity contribution is -0.401. The van der Waals surface area contributed by atoms with E-state index >= 15 is 0 Å². The van der Waals surface area contributed by atoms with Crippen LogP contribution in [0.1, 0.15) is 57.2 Å². The summed E-state index contributed by atoms with van der Waals surface area (Å²) in [5, 5.41) is 32.6. The highest BCUT2D eigenvalue weighted by atomic mass is 35.5. The van der Waals surface area contributed by atoms with Gasteiger partial charge in [0, 0.05) is 34.9 Å². The molecule has 4 unspecified atom stereocenters. The number of nitrogens with zero attached hydrogens (tertiary/aromatic N) is 3. The maximum atomic E-state index is 13.9. The molecule has 4 aliphatic carbocycles. The van der Waals surface area contributed by atoms with E-state index in [2.05, 4.69) is 30.7 Å². The third-order valence-corrected chi connectivity index (χ3v) is 11.4. The highest BCUT2D eigenvalue weighted by Gasteiger charge is 2.81. The van der Waals surface area contributed by atoms with Crippen molar-refractivity contribution in [3.8, 4) is 0 Å². The first-order valence-electron chi connectivity index (χ1n) is 14.6. The second-order valence-electron chi connectivity index (χ2n) is 13.5. The Bertz CT molecular complexity index is 1340. The van der Waals surface area contributed by atoms with Crippen molar-refractivity contribution in [1.82, 2.24) is 15.0 Å². The molecule has 3 heterocycles. The average molecular weight is 568 g/mol. The van der Waals surface area contributed by atoms with Crippen molar-refractivity contribution in [2.75, 3.05) is 6.61 Å². The largest absolute Gasteiger partial charge is 0.393 e. The minimum atomic E-state index is -1.13. The van der Waals surface area contributed by atoms with Gasteiger partial charge in [-0.1, -0.05) is 55.8 Å². The number of benzene rings is 1. The van der Waals surface area contributed by atoms with Crippen LogP contribution in [0.25, 0.3) is 0 Å². The van der Waals surface area contributed by atoms with Crippen molar-refractivity contribution in [3.63, 3.8) is 0 Å². The van der Waals surface area contributed by atoms with Crippen LogP contribution in [-0.2, 0) is 27.2 Å². The molecule has 2 aromatic rings. The van der Waals surface area contributed by atoms with Crippen molar-refractivity contribution in [2.24, 2.45) is 34.0 Å². The molecule has 6 fully saturated rings. The number of Topliss-reactive ketones (excluding diaryl/α,β-unsaturated/α-hetero) is 1. The number of ether oxygens (including phenoxy) is 2. The predicted molar refractivity (Wildman–Crippen MR) is 147 cm³/mol. The minimum absolute atomic E-state index is 0.00798. The summed E-state index contributed by atoms with van der Waals surface area (Å²) in [6.07, 6.45) is 3.74. The molecule has 1 aromatic heterocycles. The fraction of sp³-hybridized carbons (Fsp3) is 0.645. The number of fused-ring (bicyclic) bond motifs is 2. The van der Waals surface area contributed by atoms with Crippen molar-refractivity contribution >= 4 is 17.4 Å². The third-order valence-electron chi connectivity index (χ3n) is 11.2. The van der Waals surface area contributed by atoms with Crippen LogP contribution < -0.4 is 0 Å². The van der Waals surface area contributed by atoms with Crippen LogP contribution in [0.4, 0.5) is 0 Å². The third kappa shape index (κ3) is 3.56. The fourth-order valence-electron chi connectivity index (χ4n) is 9.65. The van der Waals surface area contributed by atoms with Crippen LogP contribution in [0.3, 0.4) is 0 Å². The molecule has 40 heavy (non-hydrogen) atoms. The summed E-state index contributed by atoms with van der Waals surface area (Å²) < 4.78 is 15.1. The summed E-state index contributed by atoms with van der Waals surface area (Å²) in [5.41, 5.74) is 0.674. The lowest BCUT2D eigenvalue weighted by Gasteiger charge is -2.72. The zero-order valence-corrected chi connectivity index (χ0v) is 23.9. The number of hydrogen-bond donors (Lipinski definition) is 2. The number of aliphatic hydroxyl groups excluding tert-OH is 2. The Balaban J connectivity index is 1.14. The van der Waals surface area contributed by atoms with E-state index in [1.165, 1.54) is 0 Å². The first-order chi connectivity index (χ1) is 19.1. The number of rotatable bonds is 6. The second kappa shape index (κ2) is 9.20. The standard InChI is InChI=1S/C31H38ClN3O5/c1-17-21-13-22(36)25-30-11-4-10-29(2,3)23(30)14-24(31(25,26(17)37)27(21)38)40-28(30)39-12-9-20-16-35(34-33-20)15-18-5-7-19(32)8-6-18/h5-8,16,21-25,27-28,36,38H,1,4,9-15H2,2-3H3/t21-,22?,23+,24?,25-,27?,28?,30+,31+/m0/s1. The van der Waals surface area contributed by atoms with Gasteiger partial charge in [0.15, 0.2) is 12.1 Å². The van der Waals surface area contributed by atoms with E-state index in [-0.39, 0.29) is 17.1 Å². The molecule has 2 spiro atoms. The summed E-state index contributed by atoms with van der Waals surface area (Å²) in [7, 11) is 0. The lowest BCUT2D eigenvalue weighted by Crippen LogP contribution is -2.78. The zero-order chi connectivity index (χ0) is 28.0. The normalized spacial score (nSPS) is 41.2. The number of carbonyl (C=O) groups excluding carboxylic acids is 1. The van der Waals surface area contributed by atoms with Gasteiger partial charge >= 0.3 is 0 Å². The Labute approximate surface area is 239 Å². The van der Waals surface area contributed by atoms with E-state index in [0.717, 1.165) is 30.5 Å². The molecule has 8 nitrogen and oxygen atoms in total. The van der Waals surface area contributed by atoms with E-state index in [1.54, 1.807) is 4.68 Å². The minimum Gasteiger partial charge on any atom is -0.393 e. The molecule has 0 radical (unpaired) electrons. The Hall–Kier alpha value is -2.10. The first kappa shape index (κ1) is 26.8. The maximum absolute atomic E-state index is 13.9. The number of aromatic nitrogens is 3. The molecule has 0 amide bonds. The molecule has 214 valence electrons. The number of halogens is 1. The van der Waals surface area contributed by atoms with Crippen LogP contribution in [0.5, 0.6) is 0 Å². The first-order valence-corrected chi connectivity index (χ1v) is 15.0. The Morgan fingerprint density at radius 1 is 1.20 bits per heavy atom. The van der Waals surface area contributed by atoms with Gasteiger partial charge in [-0.3, -0.25) is 4.79 Å². The van der Waals surface area contributed by atoms with E-state index < -0.39 is 47.3 Å². The van der Waals surface area contributed by atoms with Gasteiger partial charge in [0.25, 0.3) is 0 Å². The monoisotopic (exact) mass is 567 g/mol. The molecule has 1 aromatic carbocycles. The maximum Gasteiger partial charge on any atom is 0.170 e. The van der Waals surface area contributed by atoms with Crippen molar-refractivity contribution < 1.29 is 24.5 Å². The Morgan fingerprint density at radius 2 is 1.98 bits per heavy atom. The van der Waals surface area contributed by atoms with Gasteiger partial charge in [-0.15, -0.1) is 5.10 Å². The van der Waals surface area contributed by atoms with E-state index in [0.29, 0.717) is 43.0 Å². The number of aliphatic hydroxyl groups is 2. The van der Waals surface area contributed by atoms with E-state index in [1.807, 2.05) is 30.5 Å². The summed E-state index contributed by atoms with van der Waals surface area (Å²) in [6, 6.07) is 7.67. The molecule has 6 aliphatic rings. The molecule has 2 aliphatic heterocycles. The average Bonchev–Trinajstić information content (AvgIpc) is 3.40. The summed E-state index contributed by atoms with van der Waals surface area (Å²) in [4.78, 5) is 13.9. The molecule has 2 N–H and O–H groups in total. The number of ketones is 1. The highest BCUT2D eigenvalue weighted by molar-refractivity contribution is 6.30. The van der Waals surface area contributed by atoms with Crippen LogP contribution in [0, 0.1) is 34.0 Å². The van der Waals surface area contributed by atoms with Crippen molar-refractivity contribution in [2.45, 2.75) is 83.5 Å². The van der Waals surface area contributed by atoms with Crippen molar-refractivity contribution in [1.29, 1.82) is 0 Å². The van der Waals surface area contributed by atoms with Gasteiger partial charge in [0.2, 0.25) is 0 Å². The van der Waals surface area contributed by atoms with Crippen LogP contribution in [0.2, 0.25) is 5.02 Å². The van der Waals surface area contributed by atoms with Crippen LogP contribution >= 0.6 is 11.6 Å². The molecular weight excluding hydrogens is 530 g/mol. The molecule has 4 bridgehead atoms. The quantitative estimate of drug-likeness (QED) is 0.509. The van der Waals surface area contributed by atoms with Gasteiger partial charge in [-0.05, 0) is 60.3 Å². The SMILES string of the molecule is C=C1C(=O)[C@@]23C4C[C@@H]5C(C)(C)CCC[C@]5(C(OCCc5cn(Cc6ccc(Cl)cc6)nn5)O4)[C@@H]2C(O)C[C@@H]1C3O. The molecule has 2 saturated heterocycles. The highest BCUT2D eigenvalue weighted by Crippen LogP contribution is 2.75. The lowest BCUT2D eigenvalue weighted by atomic mass is 9.37. The van der Waals surface area contributed by atoms with E-state index in [9.17, 15) is 15.0 Å². The van der Waals surface area contributed by atoms with Gasteiger partial charge in [0.05, 0.1) is 42.6 Å². The van der Waals surface area contributed by atoms with Gasteiger partial charge in [-0.2, -0.15) is 0 Å². The smallest absolute Gasteiger partial charge is 0.170 e. The predicted octanol–water partition coefficient (Wildman–Crippen LogP) is 3.96. The van der Waals surface area contributed by atoms with Gasteiger partial charge in [0.1, 0.15) is 0 Å². The zero-order valence-electron chi connectivity index (χ0n) is 23.1. The molecule has 8 rings (SSSR count). The summed E-state index contributed by atoms with van der Waals surface area (Å²) in [6.45, 7) is 9.65. The van der Waals surface area contributed by atoms with Crippen LogP contribution in [-0.4, -0.2) is 62.2 Å². The fourth-order valence-corrected chi connectivity index (χ4v) is 9.77. The van der Waals surface area contributed by atoms with Gasteiger partial charge in [-0.25, -0.2) is 4.68 Å². The topological polar surface area (TPSA) is 107 Å².